The van der Waals surface area contributed by atoms with Crippen molar-refractivity contribution < 1.29 is 4.79 Å². The highest BCUT2D eigenvalue weighted by molar-refractivity contribution is 7.40. The monoisotopic (exact) mass is 101 g/mol. The maximum atomic E-state index is 9.78. The molecule has 0 bridgehead atoms. The van der Waals surface area contributed by atoms with E-state index in [-0.39, 0.29) is 11.9 Å². The van der Waals surface area contributed by atoms with E-state index in [9.17, 15) is 4.79 Å². The fraction of sp³-hybridized carbons (Fsp3) is 0.333. The van der Waals surface area contributed by atoms with Gasteiger partial charge in [-0.15, -0.1) is 0 Å². The highest BCUT2D eigenvalue weighted by atomic mass is 31.0. The molecule has 0 aliphatic carbocycles. The van der Waals surface area contributed by atoms with Crippen molar-refractivity contribution in [1.82, 2.24) is 0 Å². The van der Waals surface area contributed by atoms with E-state index in [0.717, 1.165) is 0 Å². The van der Waals surface area contributed by atoms with Crippen LogP contribution in [0.4, 0.5) is 0 Å². The first-order chi connectivity index (χ1) is 2.77. The first-order valence-corrected chi connectivity index (χ1v) is 2.00. The number of nitrogens with zero attached hydrogens (tertiary/aromatic N) is 1. The molecule has 0 aromatic rings. The van der Waals surface area contributed by atoms with E-state index >= 15 is 0 Å². The standard InChI is InChI=1S/C3H4NOP/c4-2-1-3(5)6/h1,6H2. The molecule has 0 spiro atoms. The molecular weight excluding hydrogens is 97.0 g/mol. The van der Waals surface area contributed by atoms with Crippen molar-refractivity contribution in [3.8, 4) is 6.07 Å². The number of nitriles is 1. The fourth-order valence-corrected chi connectivity index (χ4v) is 0.169. The third-order valence-corrected chi connectivity index (χ3v) is 0.457. The summed E-state index contributed by atoms with van der Waals surface area (Å²) in [4.78, 5) is 9.78. The summed E-state index contributed by atoms with van der Waals surface area (Å²) in [7, 11) is 1.92. The van der Waals surface area contributed by atoms with E-state index in [1.165, 1.54) is 0 Å². The first-order valence-electron chi connectivity index (χ1n) is 1.42. The van der Waals surface area contributed by atoms with Crippen LogP contribution in [0.15, 0.2) is 0 Å². The van der Waals surface area contributed by atoms with Crippen molar-refractivity contribution in [2.24, 2.45) is 0 Å². The second kappa shape index (κ2) is 2.81. The van der Waals surface area contributed by atoms with Crippen molar-refractivity contribution in [2.45, 2.75) is 6.42 Å². The van der Waals surface area contributed by atoms with Crippen molar-refractivity contribution in [1.29, 1.82) is 5.26 Å². The zero-order valence-electron chi connectivity index (χ0n) is 3.14. The van der Waals surface area contributed by atoms with Gasteiger partial charge in [-0.25, -0.2) is 0 Å². The SMILES string of the molecule is N#CCC(=O)P. The van der Waals surface area contributed by atoms with Gasteiger partial charge in [-0.3, -0.25) is 4.79 Å². The minimum atomic E-state index is -0.155. The smallest absolute Gasteiger partial charge is 0.162 e. The van der Waals surface area contributed by atoms with Gasteiger partial charge in [0.1, 0.15) is 0 Å². The highest BCUT2D eigenvalue weighted by Gasteiger charge is 1.83. The molecule has 0 aliphatic heterocycles. The zero-order chi connectivity index (χ0) is 4.99. The molecule has 6 heavy (non-hydrogen) atoms. The molecule has 0 saturated carbocycles. The van der Waals surface area contributed by atoms with Gasteiger partial charge in [0, 0.05) is 0 Å². The molecule has 0 fully saturated rings. The molecule has 0 amide bonds. The molecule has 0 rings (SSSR count). The summed E-state index contributed by atoms with van der Waals surface area (Å²) in [6.07, 6.45) is 0.00463. The number of rotatable bonds is 1. The summed E-state index contributed by atoms with van der Waals surface area (Å²) in [5, 5.41) is 7.75. The van der Waals surface area contributed by atoms with E-state index in [1.54, 1.807) is 6.07 Å². The van der Waals surface area contributed by atoms with E-state index in [2.05, 4.69) is 0 Å². The average molecular weight is 101 g/mol. The van der Waals surface area contributed by atoms with Gasteiger partial charge in [0.25, 0.3) is 0 Å². The van der Waals surface area contributed by atoms with Gasteiger partial charge in [-0.1, -0.05) is 9.24 Å². The summed E-state index contributed by atoms with van der Waals surface area (Å²) in [5.41, 5.74) is -0.155. The van der Waals surface area contributed by atoms with E-state index in [1.807, 2.05) is 9.24 Å². The minimum Gasteiger partial charge on any atom is -0.294 e. The second-order valence-electron chi connectivity index (χ2n) is 0.801. The molecule has 0 aromatic carbocycles. The van der Waals surface area contributed by atoms with Crippen molar-refractivity contribution in [2.75, 3.05) is 0 Å². The quantitative estimate of drug-likeness (QED) is 0.446. The van der Waals surface area contributed by atoms with Crippen LogP contribution in [0.25, 0.3) is 0 Å². The van der Waals surface area contributed by atoms with Gasteiger partial charge in [0.05, 0.1) is 12.5 Å². The second-order valence-corrected chi connectivity index (χ2v) is 1.45. The Morgan fingerprint density at radius 3 is 2.50 bits per heavy atom. The van der Waals surface area contributed by atoms with Crippen LogP contribution in [0.1, 0.15) is 6.42 Å². The Hall–Kier alpha value is -0.410. The van der Waals surface area contributed by atoms with Gasteiger partial charge < -0.3 is 0 Å². The lowest BCUT2D eigenvalue weighted by Gasteiger charge is -1.69. The summed E-state index contributed by atoms with van der Waals surface area (Å²) < 4.78 is 0. The zero-order valence-corrected chi connectivity index (χ0v) is 4.29. The van der Waals surface area contributed by atoms with Crippen LogP contribution < -0.4 is 0 Å². The highest BCUT2D eigenvalue weighted by Crippen LogP contribution is 1.86. The lowest BCUT2D eigenvalue weighted by molar-refractivity contribution is -0.110. The molecule has 2 nitrogen and oxygen atoms in total. The molecule has 0 aromatic heterocycles. The van der Waals surface area contributed by atoms with Crippen molar-refractivity contribution >= 4 is 14.8 Å². The van der Waals surface area contributed by atoms with Crippen LogP contribution in [0.3, 0.4) is 0 Å². The fourth-order valence-electron chi connectivity index (χ4n) is 0.0779. The summed E-state index contributed by atoms with van der Waals surface area (Å²) in [5.74, 6) is 0. The molecule has 0 radical (unpaired) electrons. The van der Waals surface area contributed by atoms with Gasteiger partial charge >= 0.3 is 0 Å². The summed E-state index contributed by atoms with van der Waals surface area (Å²) >= 11 is 0. The van der Waals surface area contributed by atoms with Gasteiger partial charge in [0.2, 0.25) is 0 Å². The number of hydrogen-bond acceptors (Lipinski definition) is 2. The molecule has 32 valence electrons. The lowest BCUT2D eigenvalue weighted by Crippen LogP contribution is -1.76. The predicted molar refractivity (Wildman–Crippen MR) is 24.9 cm³/mol. The number of hydrogen-bond donors (Lipinski definition) is 0. The Morgan fingerprint density at radius 2 is 2.50 bits per heavy atom. The molecule has 0 saturated heterocycles. The van der Waals surface area contributed by atoms with Crippen molar-refractivity contribution in [3.63, 3.8) is 0 Å². The molecule has 1 atom stereocenters. The largest absolute Gasteiger partial charge is 0.294 e. The van der Waals surface area contributed by atoms with Crippen LogP contribution in [0.5, 0.6) is 0 Å². The first kappa shape index (κ1) is 5.59. The molecule has 0 heterocycles. The van der Waals surface area contributed by atoms with E-state index in [0.29, 0.717) is 0 Å². The molecule has 1 unspecified atom stereocenters. The van der Waals surface area contributed by atoms with Crippen LogP contribution >= 0.6 is 9.24 Å². The number of carbonyl (C=O) groups excluding carboxylic acids is 1. The predicted octanol–water partition coefficient (Wildman–Crippen LogP) is 0.302. The van der Waals surface area contributed by atoms with E-state index < -0.39 is 0 Å². The van der Waals surface area contributed by atoms with Crippen LogP contribution in [-0.4, -0.2) is 5.52 Å². The topological polar surface area (TPSA) is 40.9 Å². The Morgan fingerprint density at radius 1 is 2.00 bits per heavy atom. The molecule has 0 N–H and O–H groups in total. The normalized spacial score (nSPS) is 6.67. The van der Waals surface area contributed by atoms with E-state index in [4.69, 9.17) is 5.26 Å². The van der Waals surface area contributed by atoms with Crippen LogP contribution in [0, 0.1) is 11.3 Å². The molecule has 0 aliphatic rings. The average Bonchev–Trinajstić information content (AvgIpc) is 1.35. The summed E-state index contributed by atoms with van der Waals surface area (Å²) in [6.45, 7) is 0. The third kappa shape index (κ3) is 3.59. The third-order valence-electron chi connectivity index (χ3n) is 0.253. The van der Waals surface area contributed by atoms with Crippen LogP contribution in [-0.2, 0) is 4.79 Å². The van der Waals surface area contributed by atoms with Gasteiger partial charge in [-0.2, -0.15) is 5.26 Å². The summed E-state index contributed by atoms with van der Waals surface area (Å²) in [6, 6.07) is 1.70. The molecule has 3 heteroatoms. The Balaban J connectivity index is 3.13. The van der Waals surface area contributed by atoms with Crippen molar-refractivity contribution in [3.05, 3.63) is 0 Å². The Kier molecular flexibility index (Phi) is 2.62. The maximum Gasteiger partial charge on any atom is 0.162 e. The number of carbonyl (C=O) groups is 1. The van der Waals surface area contributed by atoms with Gasteiger partial charge in [0.15, 0.2) is 5.52 Å². The van der Waals surface area contributed by atoms with Crippen LogP contribution in [0.2, 0.25) is 0 Å². The molecular formula is C3H4NOP. The van der Waals surface area contributed by atoms with Gasteiger partial charge in [-0.05, 0) is 0 Å². The Bertz CT molecular complexity index is 93.5. The maximum absolute atomic E-state index is 9.78. The lowest BCUT2D eigenvalue weighted by atomic mass is 10.5. The minimum absolute atomic E-state index is 0.00463. The Labute approximate surface area is 38.4 Å².